The van der Waals surface area contributed by atoms with Gasteiger partial charge in [-0.1, -0.05) is 32.6 Å². The summed E-state index contributed by atoms with van der Waals surface area (Å²) >= 11 is 0. The van der Waals surface area contributed by atoms with Crippen molar-refractivity contribution < 1.29 is 14.4 Å². The lowest BCUT2D eigenvalue weighted by Crippen LogP contribution is -2.35. The van der Waals surface area contributed by atoms with E-state index in [4.69, 9.17) is 0 Å². The second kappa shape index (κ2) is 7.57. The molecule has 2 fully saturated rings. The van der Waals surface area contributed by atoms with E-state index in [1.807, 2.05) is 0 Å². The highest BCUT2D eigenvalue weighted by Crippen LogP contribution is 2.37. The minimum absolute atomic E-state index is 0.0523. The molecule has 0 spiro atoms. The van der Waals surface area contributed by atoms with Crippen LogP contribution < -0.4 is 5.32 Å². The Bertz CT molecular complexity index is 384. The molecule has 5 heteroatoms. The highest BCUT2D eigenvalue weighted by Gasteiger charge is 2.47. The predicted octanol–water partition coefficient (Wildman–Crippen LogP) is 1.86. The zero-order valence-corrected chi connectivity index (χ0v) is 12.9. The van der Waals surface area contributed by atoms with Gasteiger partial charge < -0.3 is 5.32 Å². The van der Waals surface area contributed by atoms with Gasteiger partial charge in [-0.25, -0.2) is 0 Å². The maximum absolute atomic E-state index is 12.2. The number of imide groups is 1. The number of nitrogens with one attached hydrogen (secondary N) is 1. The van der Waals surface area contributed by atoms with E-state index in [1.54, 1.807) is 0 Å². The van der Waals surface area contributed by atoms with Gasteiger partial charge >= 0.3 is 0 Å². The molecule has 2 unspecified atom stereocenters. The first-order valence-corrected chi connectivity index (χ1v) is 8.27. The average Bonchev–Trinajstić information content (AvgIpc) is 2.74. The predicted molar refractivity (Wildman–Crippen MR) is 79.3 cm³/mol. The van der Waals surface area contributed by atoms with Gasteiger partial charge in [-0.05, 0) is 19.3 Å². The molecule has 1 heterocycles. The molecule has 0 aromatic carbocycles. The fourth-order valence-electron chi connectivity index (χ4n) is 3.36. The lowest BCUT2D eigenvalue weighted by Gasteiger charge is -2.19. The van der Waals surface area contributed by atoms with Crippen LogP contribution in [0.4, 0.5) is 0 Å². The number of hydrogen-bond acceptors (Lipinski definition) is 3. The SMILES string of the molecule is CCCCCNC(=O)CCN1C(=O)C2CCCCC2C1=O. The third-order valence-corrected chi connectivity index (χ3v) is 4.60. The van der Waals surface area contributed by atoms with E-state index in [2.05, 4.69) is 12.2 Å². The quantitative estimate of drug-likeness (QED) is 0.575. The highest BCUT2D eigenvalue weighted by molar-refractivity contribution is 6.05. The van der Waals surface area contributed by atoms with Gasteiger partial charge in [-0.15, -0.1) is 0 Å². The molecule has 1 aliphatic carbocycles. The van der Waals surface area contributed by atoms with E-state index in [9.17, 15) is 14.4 Å². The molecule has 0 bridgehead atoms. The van der Waals surface area contributed by atoms with Gasteiger partial charge in [0, 0.05) is 19.5 Å². The molecule has 1 saturated heterocycles. The Morgan fingerprint density at radius 3 is 2.33 bits per heavy atom. The Morgan fingerprint density at radius 1 is 1.14 bits per heavy atom. The van der Waals surface area contributed by atoms with Crippen molar-refractivity contribution in [2.24, 2.45) is 11.8 Å². The molecule has 0 aromatic heterocycles. The van der Waals surface area contributed by atoms with Gasteiger partial charge in [-0.3, -0.25) is 19.3 Å². The number of nitrogens with zero attached hydrogens (tertiary/aromatic N) is 1. The first-order chi connectivity index (χ1) is 10.1. The summed E-state index contributed by atoms with van der Waals surface area (Å²) in [6.07, 6.45) is 7.15. The van der Waals surface area contributed by atoms with Crippen LogP contribution in [0.25, 0.3) is 0 Å². The lowest BCUT2D eigenvalue weighted by atomic mass is 9.81. The van der Waals surface area contributed by atoms with Crippen LogP contribution >= 0.6 is 0 Å². The van der Waals surface area contributed by atoms with E-state index in [-0.39, 0.29) is 42.5 Å². The number of likely N-dealkylation sites (tertiary alicyclic amines) is 1. The maximum atomic E-state index is 12.2. The summed E-state index contributed by atoms with van der Waals surface area (Å²) in [7, 11) is 0. The average molecular weight is 294 g/mol. The molecule has 0 radical (unpaired) electrons. The van der Waals surface area contributed by atoms with Crippen molar-refractivity contribution in [3.63, 3.8) is 0 Å². The normalized spacial score (nSPS) is 25.1. The van der Waals surface area contributed by atoms with Crippen molar-refractivity contribution in [2.45, 2.75) is 58.3 Å². The number of unbranched alkanes of at least 4 members (excludes halogenated alkanes) is 2. The molecule has 2 atom stereocenters. The zero-order chi connectivity index (χ0) is 15.2. The van der Waals surface area contributed by atoms with Crippen molar-refractivity contribution in [3.8, 4) is 0 Å². The Hall–Kier alpha value is -1.39. The summed E-state index contributed by atoms with van der Waals surface area (Å²) in [6.45, 7) is 3.04. The molecule has 0 aromatic rings. The number of rotatable bonds is 7. The lowest BCUT2D eigenvalue weighted by molar-refractivity contribution is -0.140. The van der Waals surface area contributed by atoms with Gasteiger partial charge in [0.05, 0.1) is 11.8 Å². The van der Waals surface area contributed by atoms with E-state index < -0.39 is 0 Å². The van der Waals surface area contributed by atoms with Crippen LogP contribution in [-0.2, 0) is 14.4 Å². The van der Waals surface area contributed by atoms with Crippen molar-refractivity contribution in [2.75, 3.05) is 13.1 Å². The monoisotopic (exact) mass is 294 g/mol. The molecule has 1 saturated carbocycles. The largest absolute Gasteiger partial charge is 0.356 e. The summed E-state index contributed by atoms with van der Waals surface area (Å²) in [5.41, 5.74) is 0. The summed E-state index contributed by atoms with van der Waals surface area (Å²) in [5.74, 6) is -0.397. The van der Waals surface area contributed by atoms with Crippen molar-refractivity contribution in [3.05, 3.63) is 0 Å². The topological polar surface area (TPSA) is 66.5 Å². The smallest absolute Gasteiger partial charge is 0.233 e. The second-order valence-corrected chi connectivity index (χ2v) is 6.13. The number of carbonyl (C=O) groups excluding carboxylic acids is 3. The van der Waals surface area contributed by atoms with Crippen LogP contribution in [0.5, 0.6) is 0 Å². The minimum atomic E-state index is -0.112. The molecule has 2 aliphatic rings. The van der Waals surface area contributed by atoms with Crippen molar-refractivity contribution in [1.29, 1.82) is 0 Å². The van der Waals surface area contributed by atoms with Gasteiger partial charge in [0.25, 0.3) is 0 Å². The molecule has 2 rings (SSSR count). The maximum Gasteiger partial charge on any atom is 0.233 e. The molecular weight excluding hydrogens is 268 g/mol. The van der Waals surface area contributed by atoms with Gasteiger partial charge in [0.1, 0.15) is 0 Å². The summed E-state index contributed by atoms with van der Waals surface area (Å²) < 4.78 is 0. The molecule has 118 valence electrons. The van der Waals surface area contributed by atoms with Gasteiger partial charge in [-0.2, -0.15) is 0 Å². The Kier molecular flexibility index (Phi) is 5.76. The molecule has 5 nitrogen and oxygen atoms in total. The highest BCUT2D eigenvalue weighted by atomic mass is 16.2. The Labute approximate surface area is 126 Å². The first kappa shape index (κ1) is 16.0. The third-order valence-electron chi connectivity index (χ3n) is 4.60. The van der Waals surface area contributed by atoms with E-state index in [0.717, 1.165) is 44.9 Å². The fourth-order valence-corrected chi connectivity index (χ4v) is 3.36. The number of carbonyl (C=O) groups is 3. The van der Waals surface area contributed by atoms with Crippen LogP contribution in [0.3, 0.4) is 0 Å². The van der Waals surface area contributed by atoms with Crippen molar-refractivity contribution >= 4 is 17.7 Å². The van der Waals surface area contributed by atoms with E-state index >= 15 is 0 Å². The number of amides is 3. The first-order valence-electron chi connectivity index (χ1n) is 8.27. The number of fused-ring (bicyclic) bond motifs is 1. The van der Waals surface area contributed by atoms with Crippen LogP contribution in [0.1, 0.15) is 58.3 Å². The Morgan fingerprint density at radius 2 is 1.76 bits per heavy atom. The summed E-state index contributed by atoms with van der Waals surface area (Å²) in [5, 5.41) is 2.85. The zero-order valence-electron chi connectivity index (χ0n) is 12.9. The molecule has 21 heavy (non-hydrogen) atoms. The fraction of sp³-hybridized carbons (Fsp3) is 0.812. The van der Waals surface area contributed by atoms with Crippen LogP contribution in [0, 0.1) is 11.8 Å². The van der Waals surface area contributed by atoms with Crippen LogP contribution in [0.2, 0.25) is 0 Å². The molecular formula is C16H26N2O3. The van der Waals surface area contributed by atoms with Gasteiger partial charge in [0.2, 0.25) is 17.7 Å². The third kappa shape index (κ3) is 3.83. The molecule has 1 N–H and O–H groups in total. The second-order valence-electron chi connectivity index (χ2n) is 6.13. The summed E-state index contributed by atoms with van der Waals surface area (Å²) in [4.78, 5) is 37.5. The molecule has 1 aliphatic heterocycles. The number of hydrogen-bond donors (Lipinski definition) is 1. The van der Waals surface area contributed by atoms with E-state index in [1.165, 1.54) is 4.90 Å². The van der Waals surface area contributed by atoms with Crippen LogP contribution in [-0.4, -0.2) is 35.7 Å². The molecule has 3 amide bonds. The standard InChI is InChI=1S/C16H26N2O3/c1-2-3-6-10-17-14(19)9-11-18-15(20)12-7-4-5-8-13(12)16(18)21/h12-13H,2-11H2,1H3,(H,17,19). The minimum Gasteiger partial charge on any atom is -0.356 e. The van der Waals surface area contributed by atoms with E-state index in [0.29, 0.717) is 6.54 Å². The Balaban J connectivity index is 1.76. The van der Waals surface area contributed by atoms with Crippen molar-refractivity contribution in [1.82, 2.24) is 10.2 Å². The van der Waals surface area contributed by atoms with Gasteiger partial charge in [0.15, 0.2) is 0 Å². The summed E-state index contributed by atoms with van der Waals surface area (Å²) in [6, 6.07) is 0. The van der Waals surface area contributed by atoms with Crippen LogP contribution in [0.15, 0.2) is 0 Å².